The molecule has 2 aliphatic rings. The number of hydrogen-bond donors (Lipinski definition) is 1. The Balaban J connectivity index is 1.50. The zero-order chi connectivity index (χ0) is 20.3. The third-order valence-electron chi connectivity index (χ3n) is 6.00. The first-order chi connectivity index (χ1) is 14.1. The minimum Gasteiger partial charge on any atom is -0.381 e. The van der Waals surface area contributed by atoms with Gasteiger partial charge in [-0.05, 0) is 48.7 Å². The van der Waals surface area contributed by atoms with Crippen molar-refractivity contribution in [1.82, 2.24) is 9.88 Å². The topological polar surface area (TPSA) is 71.5 Å². The molecule has 0 bridgehead atoms. The smallest absolute Gasteiger partial charge is 0.229 e. The van der Waals surface area contributed by atoms with Crippen LogP contribution in [0.1, 0.15) is 18.4 Å². The second kappa shape index (κ2) is 8.29. The van der Waals surface area contributed by atoms with E-state index in [1.807, 2.05) is 12.1 Å². The molecule has 1 unspecified atom stereocenters. The van der Waals surface area contributed by atoms with Crippen LogP contribution >= 0.6 is 0 Å². The number of aromatic nitrogens is 1. The van der Waals surface area contributed by atoms with Gasteiger partial charge in [-0.3, -0.25) is 14.6 Å². The molecule has 1 N–H and O–H groups in total. The summed E-state index contributed by atoms with van der Waals surface area (Å²) >= 11 is 0. The highest BCUT2D eigenvalue weighted by molar-refractivity contribution is 5.94. The summed E-state index contributed by atoms with van der Waals surface area (Å²) in [7, 11) is 0. The van der Waals surface area contributed by atoms with Crippen molar-refractivity contribution in [2.75, 3.05) is 31.6 Å². The summed E-state index contributed by atoms with van der Waals surface area (Å²) in [4.78, 5) is 31.9. The largest absolute Gasteiger partial charge is 0.381 e. The molecule has 1 atom stereocenters. The fraction of sp³-hybridized carbons (Fsp3) is 0.409. The van der Waals surface area contributed by atoms with E-state index in [-0.39, 0.29) is 35.4 Å². The number of nitrogens with zero attached hydrogens (tertiary/aromatic N) is 2. The molecule has 152 valence electrons. The van der Waals surface area contributed by atoms with Crippen molar-refractivity contribution in [2.24, 2.45) is 11.3 Å². The lowest BCUT2D eigenvalue weighted by atomic mass is 9.71. The van der Waals surface area contributed by atoms with Crippen LogP contribution < -0.4 is 5.32 Å². The Morgan fingerprint density at radius 3 is 2.66 bits per heavy atom. The van der Waals surface area contributed by atoms with Gasteiger partial charge < -0.3 is 15.0 Å². The van der Waals surface area contributed by atoms with E-state index in [1.54, 1.807) is 29.4 Å². The molecule has 1 aromatic heterocycles. The number of amides is 2. The Bertz CT molecular complexity index is 867. The van der Waals surface area contributed by atoms with Crippen molar-refractivity contribution in [3.63, 3.8) is 0 Å². The van der Waals surface area contributed by atoms with Crippen LogP contribution in [0.25, 0.3) is 0 Å². The lowest BCUT2D eigenvalue weighted by Gasteiger charge is -2.37. The number of likely N-dealkylation sites (tertiary alicyclic amines) is 1. The standard InChI is InChI=1S/C22H24FN3O3/c23-17-3-5-18(6-4-17)25-21(28)19-14-26(15-22(19)7-10-29-11-8-22)20(27)12-16-2-1-9-24-13-16/h1-6,9,13,19H,7-8,10-12,14-15H2,(H,25,28). The maximum atomic E-state index is 13.2. The van der Waals surface area contributed by atoms with Crippen molar-refractivity contribution >= 4 is 17.5 Å². The number of carbonyl (C=O) groups excluding carboxylic acids is 2. The third-order valence-corrected chi connectivity index (χ3v) is 6.00. The molecule has 29 heavy (non-hydrogen) atoms. The highest BCUT2D eigenvalue weighted by Gasteiger charge is 2.51. The summed E-state index contributed by atoms with van der Waals surface area (Å²) < 4.78 is 18.7. The Kier molecular flexibility index (Phi) is 5.58. The van der Waals surface area contributed by atoms with E-state index in [0.717, 1.165) is 18.4 Å². The molecule has 3 heterocycles. The first-order valence-electron chi connectivity index (χ1n) is 9.87. The molecule has 2 amide bonds. The van der Waals surface area contributed by atoms with Crippen LogP contribution in [-0.4, -0.2) is 48.0 Å². The number of ether oxygens (including phenoxy) is 1. The molecule has 0 aliphatic carbocycles. The Morgan fingerprint density at radius 2 is 1.97 bits per heavy atom. The van der Waals surface area contributed by atoms with Gasteiger partial charge in [-0.25, -0.2) is 4.39 Å². The number of nitrogens with one attached hydrogen (secondary N) is 1. The third kappa shape index (κ3) is 4.29. The molecule has 2 fully saturated rings. The number of benzene rings is 1. The second-order valence-electron chi connectivity index (χ2n) is 7.84. The van der Waals surface area contributed by atoms with Crippen LogP contribution in [0.4, 0.5) is 10.1 Å². The van der Waals surface area contributed by atoms with Crippen molar-refractivity contribution in [3.05, 3.63) is 60.2 Å². The fourth-order valence-corrected chi connectivity index (χ4v) is 4.36. The molecule has 1 spiro atoms. The lowest BCUT2D eigenvalue weighted by molar-refractivity contribution is -0.130. The van der Waals surface area contributed by atoms with Gasteiger partial charge in [0.1, 0.15) is 5.82 Å². The molecule has 7 heteroatoms. The summed E-state index contributed by atoms with van der Waals surface area (Å²) in [6, 6.07) is 9.42. The molecular formula is C22H24FN3O3. The van der Waals surface area contributed by atoms with Gasteiger partial charge in [-0.15, -0.1) is 0 Å². The average Bonchev–Trinajstić information content (AvgIpc) is 3.10. The summed E-state index contributed by atoms with van der Waals surface area (Å²) in [5.41, 5.74) is 1.13. The monoisotopic (exact) mass is 397 g/mol. The van der Waals surface area contributed by atoms with Crippen LogP contribution in [0.3, 0.4) is 0 Å². The predicted molar refractivity (Wildman–Crippen MR) is 106 cm³/mol. The fourth-order valence-electron chi connectivity index (χ4n) is 4.36. The number of anilines is 1. The van der Waals surface area contributed by atoms with Crippen LogP contribution in [0.2, 0.25) is 0 Å². The molecule has 0 saturated carbocycles. The average molecular weight is 397 g/mol. The molecular weight excluding hydrogens is 373 g/mol. The van der Waals surface area contributed by atoms with Gasteiger partial charge in [0.2, 0.25) is 11.8 Å². The Labute approximate surface area is 169 Å². The number of pyridine rings is 1. The van der Waals surface area contributed by atoms with Crippen LogP contribution in [0.15, 0.2) is 48.8 Å². The quantitative estimate of drug-likeness (QED) is 0.861. The first kappa shape index (κ1) is 19.5. The second-order valence-corrected chi connectivity index (χ2v) is 7.84. The first-order valence-corrected chi connectivity index (χ1v) is 9.87. The summed E-state index contributed by atoms with van der Waals surface area (Å²) in [5.74, 6) is -0.803. The highest BCUT2D eigenvalue weighted by Crippen LogP contribution is 2.45. The van der Waals surface area contributed by atoms with E-state index in [9.17, 15) is 14.0 Å². The van der Waals surface area contributed by atoms with Gasteiger partial charge in [0.25, 0.3) is 0 Å². The van der Waals surface area contributed by atoms with Gasteiger partial charge in [0.15, 0.2) is 0 Å². The number of hydrogen-bond acceptors (Lipinski definition) is 4. The number of carbonyl (C=O) groups is 2. The van der Waals surface area contributed by atoms with E-state index >= 15 is 0 Å². The molecule has 1 aromatic carbocycles. The van der Waals surface area contributed by atoms with Crippen molar-refractivity contribution in [1.29, 1.82) is 0 Å². The molecule has 4 rings (SSSR count). The van der Waals surface area contributed by atoms with Gasteiger partial charge in [-0.2, -0.15) is 0 Å². The van der Waals surface area contributed by atoms with Crippen molar-refractivity contribution < 1.29 is 18.7 Å². The Hall–Kier alpha value is -2.80. The predicted octanol–water partition coefficient (Wildman–Crippen LogP) is 2.66. The number of halogens is 1. The molecule has 6 nitrogen and oxygen atoms in total. The molecule has 2 aromatic rings. The minimum atomic E-state index is -0.350. The summed E-state index contributed by atoms with van der Waals surface area (Å²) in [6.07, 6.45) is 5.12. The highest BCUT2D eigenvalue weighted by atomic mass is 19.1. The maximum absolute atomic E-state index is 13.2. The molecule has 2 saturated heterocycles. The van der Waals surface area contributed by atoms with Gasteiger partial charge in [0, 0.05) is 49.8 Å². The normalized spacial score (nSPS) is 20.6. The zero-order valence-corrected chi connectivity index (χ0v) is 16.1. The van der Waals surface area contributed by atoms with Crippen molar-refractivity contribution in [3.8, 4) is 0 Å². The van der Waals surface area contributed by atoms with Crippen LogP contribution in [-0.2, 0) is 20.7 Å². The van der Waals surface area contributed by atoms with E-state index in [0.29, 0.717) is 32.0 Å². The number of rotatable bonds is 4. The minimum absolute atomic E-state index is 0.000879. The zero-order valence-electron chi connectivity index (χ0n) is 16.1. The van der Waals surface area contributed by atoms with E-state index < -0.39 is 0 Å². The van der Waals surface area contributed by atoms with Gasteiger partial charge in [-0.1, -0.05) is 6.07 Å². The van der Waals surface area contributed by atoms with E-state index in [2.05, 4.69) is 10.3 Å². The van der Waals surface area contributed by atoms with Gasteiger partial charge >= 0.3 is 0 Å². The SMILES string of the molecule is O=C(Nc1ccc(F)cc1)C1CN(C(=O)Cc2cccnc2)CC12CCOCC2. The molecule has 2 aliphatic heterocycles. The summed E-state index contributed by atoms with van der Waals surface area (Å²) in [6.45, 7) is 2.11. The van der Waals surface area contributed by atoms with E-state index in [4.69, 9.17) is 4.74 Å². The summed E-state index contributed by atoms with van der Waals surface area (Å²) in [5, 5.41) is 2.90. The van der Waals surface area contributed by atoms with Gasteiger partial charge in [0.05, 0.1) is 12.3 Å². The Morgan fingerprint density at radius 1 is 1.21 bits per heavy atom. The lowest BCUT2D eigenvalue weighted by Crippen LogP contribution is -2.42. The van der Waals surface area contributed by atoms with Crippen molar-refractivity contribution in [2.45, 2.75) is 19.3 Å². The molecule has 0 radical (unpaired) electrons. The van der Waals surface area contributed by atoms with E-state index in [1.165, 1.54) is 12.1 Å². The van der Waals surface area contributed by atoms with Crippen LogP contribution in [0, 0.1) is 17.2 Å². The maximum Gasteiger partial charge on any atom is 0.229 e. The van der Waals surface area contributed by atoms with Crippen LogP contribution in [0.5, 0.6) is 0 Å².